The first-order valence-corrected chi connectivity index (χ1v) is 19.2. The maximum absolute atomic E-state index is 15.0. The number of nitrogens with one attached hydrogen (secondary N) is 1. The summed E-state index contributed by atoms with van der Waals surface area (Å²) in [5.41, 5.74) is 5.90. The number of halogens is 1. The van der Waals surface area contributed by atoms with Gasteiger partial charge in [0.25, 0.3) is 0 Å². The van der Waals surface area contributed by atoms with Crippen LogP contribution in [0.2, 0.25) is 0 Å². The highest BCUT2D eigenvalue weighted by Crippen LogP contribution is 2.37. The van der Waals surface area contributed by atoms with Crippen molar-refractivity contribution in [1.82, 2.24) is 19.7 Å². The molecule has 8 rings (SSSR count). The van der Waals surface area contributed by atoms with Gasteiger partial charge in [-0.15, -0.1) is 32.9 Å². The molecule has 54 heavy (non-hydrogen) atoms. The highest BCUT2D eigenvalue weighted by atomic mass is 32.1. The van der Waals surface area contributed by atoms with E-state index >= 15 is 0 Å². The van der Waals surface area contributed by atoms with E-state index in [4.69, 9.17) is 9.98 Å². The minimum Gasteiger partial charge on any atom is -0.478 e. The number of anilines is 1. The van der Waals surface area contributed by atoms with Crippen molar-refractivity contribution in [1.29, 1.82) is 0 Å². The lowest BCUT2D eigenvalue weighted by Gasteiger charge is -2.22. The Kier molecular flexibility index (Phi) is 10.7. The number of carbonyl (C=O) groups is 2. The molecule has 1 fully saturated rings. The van der Waals surface area contributed by atoms with Gasteiger partial charge in [-0.2, -0.15) is 0 Å². The van der Waals surface area contributed by atoms with Gasteiger partial charge in [0.15, 0.2) is 5.82 Å². The number of amides is 1. The molecule has 1 aliphatic heterocycles. The molecule has 0 unspecified atom stereocenters. The van der Waals surface area contributed by atoms with Crippen molar-refractivity contribution in [2.45, 2.75) is 57.9 Å². The van der Waals surface area contributed by atoms with E-state index in [9.17, 15) is 19.1 Å². The second kappa shape index (κ2) is 15.8. The van der Waals surface area contributed by atoms with Crippen LogP contribution in [-0.2, 0) is 30.6 Å². The molecule has 0 spiro atoms. The van der Waals surface area contributed by atoms with Crippen molar-refractivity contribution in [3.63, 3.8) is 0 Å². The molecule has 2 aliphatic rings. The third kappa shape index (κ3) is 7.70. The van der Waals surface area contributed by atoms with Crippen LogP contribution in [0.4, 0.5) is 10.1 Å². The Balaban J connectivity index is 0.00000450. The molecule has 3 aromatic carbocycles. The number of aliphatic imine (C=N–C) groups is 1. The quantitative estimate of drug-likeness (QED) is 0.137. The van der Waals surface area contributed by atoms with Gasteiger partial charge in [0.2, 0.25) is 5.91 Å². The average Bonchev–Trinajstić information content (AvgIpc) is 3.83. The van der Waals surface area contributed by atoms with Crippen molar-refractivity contribution in [3.8, 4) is 5.00 Å². The summed E-state index contributed by atoms with van der Waals surface area (Å²) in [6, 6.07) is 21.4. The Labute approximate surface area is 319 Å². The first-order valence-electron chi connectivity index (χ1n) is 17.5. The molecule has 4 heterocycles. The number of carbonyl (C=O) groups excluding carboxylic acids is 1. The summed E-state index contributed by atoms with van der Waals surface area (Å²) in [5.74, 6) is 0.262. The van der Waals surface area contributed by atoms with E-state index in [2.05, 4.69) is 20.9 Å². The zero-order chi connectivity index (χ0) is 36.5. The topological polar surface area (TPSA) is 154 Å². The second-order valence-electron chi connectivity index (χ2n) is 13.3. The van der Waals surface area contributed by atoms with Gasteiger partial charge in [0.1, 0.15) is 28.2 Å². The van der Waals surface area contributed by atoms with Crippen LogP contribution in [0.3, 0.4) is 0 Å². The van der Waals surface area contributed by atoms with Gasteiger partial charge >= 0.3 is 5.97 Å². The fraction of sp³-hybridized carbons (Fsp3) is 0.220. The summed E-state index contributed by atoms with van der Waals surface area (Å²) < 4.78 is 16.9. The van der Waals surface area contributed by atoms with Crippen LogP contribution < -0.4 is 5.32 Å². The number of hydrogen-bond donors (Lipinski definition) is 2. The Morgan fingerprint density at radius 3 is 2.65 bits per heavy atom. The van der Waals surface area contributed by atoms with Crippen LogP contribution in [0, 0.1) is 12.7 Å². The van der Waals surface area contributed by atoms with Gasteiger partial charge in [-0.25, -0.2) is 14.2 Å². The van der Waals surface area contributed by atoms with Gasteiger partial charge in [-0.05, 0) is 91.8 Å². The third-order valence-electron chi connectivity index (χ3n) is 9.69. The molecule has 4 N–H and O–H groups in total. The maximum Gasteiger partial charge on any atom is 0.335 e. The number of carboxylic acids is 1. The molecule has 1 amide bonds. The SMILES string of the molecule is Cc1nnc2n1-c1sc(CCc3ccc(CC(=O)Nc4cccc(C=Cc5nc(C6CCC6)cs5)c4)c(C(=O)O)c3)cc1C(c1ccccc1F)=NC2.O. The van der Waals surface area contributed by atoms with E-state index < -0.39 is 5.97 Å². The molecular formula is C41H37FN6O4S2. The van der Waals surface area contributed by atoms with Gasteiger partial charge < -0.3 is 15.9 Å². The molecule has 274 valence electrons. The molecule has 10 nitrogen and oxygen atoms in total. The predicted molar refractivity (Wildman–Crippen MR) is 211 cm³/mol. The average molecular weight is 761 g/mol. The normalized spacial score (nSPS) is 13.7. The van der Waals surface area contributed by atoms with Gasteiger partial charge in [0, 0.05) is 33.0 Å². The molecule has 0 bridgehead atoms. The smallest absolute Gasteiger partial charge is 0.335 e. The fourth-order valence-corrected chi connectivity index (χ4v) is 8.73. The Hall–Kier alpha value is -5.63. The summed E-state index contributed by atoms with van der Waals surface area (Å²) in [5, 5.41) is 25.6. The van der Waals surface area contributed by atoms with Crippen LogP contribution in [0.1, 0.15) is 90.6 Å². The highest BCUT2D eigenvalue weighted by molar-refractivity contribution is 7.15. The molecule has 1 saturated carbocycles. The van der Waals surface area contributed by atoms with E-state index in [1.54, 1.807) is 53.0 Å². The van der Waals surface area contributed by atoms with Crippen molar-refractivity contribution in [3.05, 3.63) is 145 Å². The fourth-order valence-electron chi connectivity index (χ4n) is 6.72. The van der Waals surface area contributed by atoms with Crippen molar-refractivity contribution in [2.75, 3.05) is 5.32 Å². The van der Waals surface area contributed by atoms with Gasteiger partial charge in [-0.3, -0.25) is 14.4 Å². The zero-order valence-corrected chi connectivity index (χ0v) is 31.0. The van der Waals surface area contributed by atoms with E-state index in [1.807, 2.05) is 60.0 Å². The molecule has 0 saturated heterocycles. The predicted octanol–water partition coefficient (Wildman–Crippen LogP) is 7.86. The number of aryl methyl sites for hydroxylation is 3. The second-order valence-corrected chi connectivity index (χ2v) is 15.3. The number of carboxylic acid groups (broad SMARTS) is 1. The number of thiazole rings is 1. The number of benzene rings is 3. The Bertz CT molecular complexity index is 2430. The van der Waals surface area contributed by atoms with Crippen LogP contribution >= 0.6 is 22.7 Å². The first kappa shape index (κ1) is 36.7. The molecule has 0 radical (unpaired) electrons. The minimum absolute atomic E-state index is 0. The third-order valence-corrected chi connectivity index (χ3v) is 11.7. The molecule has 1 aliphatic carbocycles. The maximum atomic E-state index is 15.0. The first-order chi connectivity index (χ1) is 25.8. The Morgan fingerprint density at radius 1 is 1.00 bits per heavy atom. The minimum atomic E-state index is -1.09. The summed E-state index contributed by atoms with van der Waals surface area (Å²) in [6.07, 6.45) is 8.79. The Morgan fingerprint density at radius 2 is 1.85 bits per heavy atom. The van der Waals surface area contributed by atoms with Crippen LogP contribution in [0.5, 0.6) is 0 Å². The summed E-state index contributed by atoms with van der Waals surface area (Å²) in [7, 11) is 0. The van der Waals surface area contributed by atoms with E-state index in [-0.39, 0.29) is 35.7 Å². The monoisotopic (exact) mass is 760 g/mol. The molecular weight excluding hydrogens is 724 g/mol. The number of fused-ring (bicyclic) bond motifs is 3. The number of aromatic nitrogens is 4. The van der Waals surface area contributed by atoms with Gasteiger partial charge in [-0.1, -0.05) is 48.9 Å². The molecule has 0 atom stereocenters. The van der Waals surface area contributed by atoms with Crippen molar-refractivity contribution in [2.24, 2.45) is 4.99 Å². The van der Waals surface area contributed by atoms with Crippen LogP contribution in [0.25, 0.3) is 17.2 Å². The van der Waals surface area contributed by atoms with Crippen molar-refractivity contribution < 1.29 is 24.6 Å². The van der Waals surface area contributed by atoms with Crippen LogP contribution in [-0.4, -0.2) is 47.9 Å². The van der Waals surface area contributed by atoms with E-state index in [1.165, 1.54) is 31.0 Å². The number of rotatable bonds is 11. The van der Waals surface area contributed by atoms with Gasteiger partial charge in [0.05, 0.1) is 23.4 Å². The standard InChI is InChI=1S/C41H35FN6O3S2.H2O/c1-24-46-47-36-22-43-39(31-10-2-3-11-34(31)42)33-21-30(53-40(33)48(24)36)16-13-26-12-15-28(32(19-26)41(50)51)20-37(49)44-29-9-4-6-25(18-29)14-17-38-45-35(23-52-38)27-7-5-8-27;/h2-4,6,9-12,14-15,17-19,21,23,27H,5,7-8,13,16,20,22H2,1H3,(H,44,49)(H,50,51);1H2. The summed E-state index contributed by atoms with van der Waals surface area (Å²) in [6.45, 7) is 2.16. The largest absolute Gasteiger partial charge is 0.478 e. The van der Waals surface area contributed by atoms with Crippen LogP contribution in [0.15, 0.2) is 83.2 Å². The summed E-state index contributed by atoms with van der Waals surface area (Å²) in [4.78, 5) is 36.0. The zero-order valence-electron chi connectivity index (χ0n) is 29.4. The lowest BCUT2D eigenvalue weighted by Crippen LogP contribution is -2.16. The van der Waals surface area contributed by atoms with E-state index in [0.717, 1.165) is 37.4 Å². The molecule has 6 aromatic rings. The molecule has 3 aromatic heterocycles. The number of nitrogens with zero attached hydrogens (tertiary/aromatic N) is 5. The number of aromatic carboxylic acids is 1. The highest BCUT2D eigenvalue weighted by Gasteiger charge is 2.26. The number of thiophene rings is 1. The molecule has 13 heteroatoms. The lowest BCUT2D eigenvalue weighted by atomic mass is 9.83. The lowest BCUT2D eigenvalue weighted by molar-refractivity contribution is -0.115. The number of hydrogen-bond acceptors (Lipinski definition) is 8. The summed E-state index contributed by atoms with van der Waals surface area (Å²) >= 11 is 3.21. The van der Waals surface area contributed by atoms with E-state index in [0.29, 0.717) is 47.1 Å². The van der Waals surface area contributed by atoms with Crippen molar-refractivity contribution >= 4 is 58.1 Å².